The van der Waals surface area contributed by atoms with Crippen molar-refractivity contribution >= 4 is 27.7 Å². The lowest BCUT2D eigenvalue weighted by molar-refractivity contribution is -0.122. The zero-order valence-electron chi connectivity index (χ0n) is 19.1. The molecule has 2 N–H and O–H groups in total. The number of benzene rings is 3. The van der Waals surface area contributed by atoms with E-state index in [1.54, 1.807) is 30.0 Å². The van der Waals surface area contributed by atoms with Gasteiger partial charge in [-0.1, -0.05) is 72.8 Å². The number of carbonyl (C=O) groups excluding carboxylic acids is 1. The molecule has 1 amide bonds. The Labute approximate surface area is 206 Å². The van der Waals surface area contributed by atoms with Crippen LogP contribution in [0.2, 0.25) is 0 Å². The van der Waals surface area contributed by atoms with Gasteiger partial charge in [0.25, 0.3) is 0 Å². The fourth-order valence-corrected chi connectivity index (χ4v) is 4.98. The highest BCUT2D eigenvalue weighted by atomic mass is 32.2. The Morgan fingerprint density at radius 2 is 1.41 bits per heavy atom. The first-order valence-electron chi connectivity index (χ1n) is 11.0. The van der Waals surface area contributed by atoms with Crippen molar-refractivity contribution in [3.05, 3.63) is 102 Å². The zero-order valence-corrected chi connectivity index (χ0v) is 20.8. The predicted molar refractivity (Wildman–Crippen MR) is 137 cm³/mol. The lowest BCUT2D eigenvalue weighted by Crippen LogP contribution is -2.46. The SMILES string of the molecule is CSCCC(NS(=O)(=O)c1ccccc1)C(=O)NCc1ccc(COCc2ccccc2)cc1. The van der Waals surface area contributed by atoms with Gasteiger partial charge in [0, 0.05) is 6.54 Å². The normalized spacial score (nSPS) is 12.3. The maximum absolute atomic E-state index is 12.8. The Morgan fingerprint density at radius 3 is 2.03 bits per heavy atom. The molecule has 0 fully saturated rings. The second-order valence-corrected chi connectivity index (χ2v) is 10.5. The molecule has 0 saturated carbocycles. The molecule has 3 aromatic carbocycles. The highest BCUT2D eigenvalue weighted by Crippen LogP contribution is 2.12. The number of carbonyl (C=O) groups is 1. The first-order chi connectivity index (χ1) is 16.5. The van der Waals surface area contributed by atoms with Crippen LogP contribution < -0.4 is 10.0 Å². The average Bonchev–Trinajstić information content (AvgIpc) is 2.87. The standard InChI is InChI=1S/C26H30N2O4S2/c1-33-17-16-25(28-34(30,31)24-10-6-3-7-11-24)26(29)27-18-21-12-14-23(15-13-21)20-32-19-22-8-4-2-5-9-22/h2-15,25,28H,16-20H2,1H3,(H,27,29). The van der Waals surface area contributed by atoms with Gasteiger partial charge in [0.05, 0.1) is 18.1 Å². The summed E-state index contributed by atoms with van der Waals surface area (Å²) < 4.78 is 33.7. The lowest BCUT2D eigenvalue weighted by Gasteiger charge is -2.18. The quantitative estimate of drug-likeness (QED) is 0.370. The molecule has 1 atom stereocenters. The summed E-state index contributed by atoms with van der Waals surface area (Å²) in [7, 11) is -3.79. The summed E-state index contributed by atoms with van der Waals surface area (Å²) in [5, 5.41) is 2.86. The molecule has 8 heteroatoms. The van der Waals surface area contributed by atoms with E-state index in [4.69, 9.17) is 4.74 Å². The first-order valence-corrected chi connectivity index (χ1v) is 13.9. The minimum Gasteiger partial charge on any atom is -0.372 e. The van der Waals surface area contributed by atoms with Gasteiger partial charge < -0.3 is 10.1 Å². The summed E-state index contributed by atoms with van der Waals surface area (Å²) in [5.41, 5.74) is 3.09. The largest absolute Gasteiger partial charge is 0.372 e. The molecule has 0 saturated heterocycles. The average molecular weight is 499 g/mol. The number of rotatable bonds is 13. The van der Waals surface area contributed by atoms with Gasteiger partial charge in [-0.25, -0.2) is 8.42 Å². The van der Waals surface area contributed by atoms with Gasteiger partial charge in [0.2, 0.25) is 15.9 Å². The molecule has 0 spiro atoms. The minimum atomic E-state index is -3.79. The van der Waals surface area contributed by atoms with Crippen molar-refractivity contribution in [2.75, 3.05) is 12.0 Å². The predicted octanol–water partition coefficient (Wildman–Crippen LogP) is 4.12. The Kier molecular flexibility index (Phi) is 10.2. The molecule has 0 aliphatic carbocycles. The van der Waals surface area contributed by atoms with Gasteiger partial charge in [-0.2, -0.15) is 16.5 Å². The third kappa shape index (κ3) is 8.29. The minimum absolute atomic E-state index is 0.141. The first kappa shape index (κ1) is 26.0. The fraction of sp³-hybridized carbons (Fsp3) is 0.269. The fourth-order valence-electron chi connectivity index (χ4n) is 3.26. The molecule has 34 heavy (non-hydrogen) atoms. The molecule has 0 radical (unpaired) electrons. The summed E-state index contributed by atoms with van der Waals surface area (Å²) in [6.45, 7) is 1.36. The van der Waals surface area contributed by atoms with Crippen LogP contribution >= 0.6 is 11.8 Å². The monoisotopic (exact) mass is 498 g/mol. The van der Waals surface area contributed by atoms with Crippen LogP contribution in [0.1, 0.15) is 23.1 Å². The summed E-state index contributed by atoms with van der Waals surface area (Å²) in [5.74, 6) is 0.316. The maximum Gasteiger partial charge on any atom is 0.241 e. The van der Waals surface area contributed by atoms with E-state index in [2.05, 4.69) is 10.0 Å². The van der Waals surface area contributed by atoms with E-state index >= 15 is 0 Å². The second-order valence-electron chi connectivity index (χ2n) is 7.78. The molecule has 0 heterocycles. The van der Waals surface area contributed by atoms with Gasteiger partial charge in [0.1, 0.15) is 6.04 Å². The van der Waals surface area contributed by atoms with Crippen molar-refractivity contribution < 1.29 is 17.9 Å². The number of nitrogens with one attached hydrogen (secondary N) is 2. The van der Waals surface area contributed by atoms with Crippen LogP contribution in [-0.4, -0.2) is 32.4 Å². The van der Waals surface area contributed by atoms with E-state index < -0.39 is 16.1 Å². The highest BCUT2D eigenvalue weighted by molar-refractivity contribution is 7.98. The van der Waals surface area contributed by atoms with E-state index in [0.29, 0.717) is 31.9 Å². The van der Waals surface area contributed by atoms with E-state index in [9.17, 15) is 13.2 Å². The van der Waals surface area contributed by atoms with Gasteiger partial charge in [-0.3, -0.25) is 4.79 Å². The third-order valence-electron chi connectivity index (χ3n) is 5.15. The highest BCUT2D eigenvalue weighted by Gasteiger charge is 2.25. The van der Waals surface area contributed by atoms with Crippen molar-refractivity contribution in [1.82, 2.24) is 10.0 Å². The number of amides is 1. The van der Waals surface area contributed by atoms with Crippen molar-refractivity contribution in [2.24, 2.45) is 0 Å². The molecule has 0 aromatic heterocycles. The zero-order chi connectivity index (χ0) is 24.2. The Hall–Kier alpha value is -2.65. The van der Waals surface area contributed by atoms with E-state index in [0.717, 1.165) is 16.7 Å². The molecular weight excluding hydrogens is 468 g/mol. The van der Waals surface area contributed by atoms with Gasteiger partial charge >= 0.3 is 0 Å². The Bertz CT molecular complexity index is 1120. The Balaban J connectivity index is 1.52. The summed E-state index contributed by atoms with van der Waals surface area (Å²) >= 11 is 1.56. The van der Waals surface area contributed by atoms with Crippen molar-refractivity contribution in [1.29, 1.82) is 0 Å². The van der Waals surface area contributed by atoms with Crippen LogP contribution in [0.15, 0.2) is 89.8 Å². The van der Waals surface area contributed by atoms with Crippen LogP contribution in [0.5, 0.6) is 0 Å². The molecule has 0 aliphatic heterocycles. The molecule has 180 valence electrons. The maximum atomic E-state index is 12.8. The molecular formula is C26H30N2O4S2. The number of sulfonamides is 1. The Morgan fingerprint density at radius 1 is 0.853 bits per heavy atom. The summed E-state index contributed by atoms with van der Waals surface area (Å²) in [4.78, 5) is 12.9. The van der Waals surface area contributed by atoms with Crippen LogP contribution in [-0.2, 0) is 39.3 Å². The van der Waals surface area contributed by atoms with Crippen LogP contribution in [0, 0.1) is 0 Å². The smallest absolute Gasteiger partial charge is 0.241 e. The van der Waals surface area contributed by atoms with Crippen LogP contribution in [0.25, 0.3) is 0 Å². The van der Waals surface area contributed by atoms with Gasteiger partial charge in [-0.05, 0) is 47.3 Å². The third-order valence-corrected chi connectivity index (χ3v) is 7.28. The van der Waals surface area contributed by atoms with Gasteiger partial charge in [0.15, 0.2) is 0 Å². The number of thioether (sulfide) groups is 1. The van der Waals surface area contributed by atoms with Crippen molar-refractivity contribution in [3.63, 3.8) is 0 Å². The second kappa shape index (κ2) is 13.3. The van der Waals surface area contributed by atoms with Crippen LogP contribution in [0.4, 0.5) is 0 Å². The molecule has 3 aromatic rings. The van der Waals surface area contributed by atoms with Crippen LogP contribution in [0.3, 0.4) is 0 Å². The van der Waals surface area contributed by atoms with E-state index in [1.807, 2.05) is 60.9 Å². The molecule has 0 aliphatic rings. The summed E-state index contributed by atoms with van der Waals surface area (Å²) in [6, 6.07) is 25.0. The van der Waals surface area contributed by atoms with E-state index in [1.165, 1.54) is 12.1 Å². The lowest BCUT2D eigenvalue weighted by atomic mass is 10.1. The van der Waals surface area contributed by atoms with E-state index in [-0.39, 0.29) is 10.8 Å². The number of hydrogen-bond acceptors (Lipinski definition) is 5. The number of hydrogen-bond donors (Lipinski definition) is 2. The molecule has 6 nitrogen and oxygen atoms in total. The molecule has 3 rings (SSSR count). The van der Waals surface area contributed by atoms with Gasteiger partial charge in [-0.15, -0.1) is 0 Å². The molecule has 0 bridgehead atoms. The number of ether oxygens (including phenoxy) is 1. The molecule has 1 unspecified atom stereocenters. The van der Waals surface area contributed by atoms with Crippen molar-refractivity contribution in [2.45, 2.75) is 37.1 Å². The topological polar surface area (TPSA) is 84.5 Å². The van der Waals surface area contributed by atoms with Crippen molar-refractivity contribution in [3.8, 4) is 0 Å². The summed E-state index contributed by atoms with van der Waals surface area (Å²) in [6.07, 6.45) is 2.32.